The highest BCUT2D eigenvalue weighted by Gasteiger charge is 2.27. The number of rotatable bonds is 3. The zero-order valence-electron chi connectivity index (χ0n) is 11.2. The molecule has 0 spiro atoms. The van der Waals surface area contributed by atoms with E-state index >= 15 is 0 Å². The second kappa shape index (κ2) is 6.12. The Kier molecular flexibility index (Phi) is 4.50. The molecule has 1 heterocycles. The van der Waals surface area contributed by atoms with Crippen LogP contribution in [-0.2, 0) is 16.1 Å². The Hall–Kier alpha value is -1.46. The van der Waals surface area contributed by atoms with Crippen LogP contribution < -0.4 is 10.6 Å². The molecule has 0 radical (unpaired) electrons. The predicted octanol–water partition coefficient (Wildman–Crippen LogP) is 1.13. The fraction of sp³-hybridized carbons (Fsp3) is 0.500. The Labute approximate surface area is 112 Å². The van der Waals surface area contributed by atoms with Gasteiger partial charge in [0.2, 0.25) is 5.91 Å². The quantitative estimate of drug-likeness (QED) is 0.862. The van der Waals surface area contributed by atoms with Gasteiger partial charge in [0.25, 0.3) is 0 Å². The van der Waals surface area contributed by atoms with E-state index in [2.05, 4.69) is 10.6 Å². The van der Waals surface area contributed by atoms with Crippen LogP contribution in [0, 0.1) is 12.7 Å². The van der Waals surface area contributed by atoms with Crippen molar-refractivity contribution in [3.05, 3.63) is 35.1 Å². The molecule has 4 nitrogen and oxygen atoms in total. The first-order valence-corrected chi connectivity index (χ1v) is 6.45. The minimum absolute atomic E-state index is 0.0887. The van der Waals surface area contributed by atoms with Gasteiger partial charge in [-0.1, -0.05) is 12.1 Å². The first-order valence-electron chi connectivity index (χ1n) is 6.45. The Balaban J connectivity index is 1.90. The van der Waals surface area contributed by atoms with Crippen LogP contribution in [0.25, 0.3) is 0 Å². The third-order valence-corrected chi connectivity index (χ3v) is 3.29. The first-order chi connectivity index (χ1) is 9.08. The molecular weight excluding hydrogens is 247 g/mol. The number of ether oxygens (including phenoxy) is 1. The van der Waals surface area contributed by atoms with Crippen molar-refractivity contribution in [2.75, 3.05) is 13.2 Å². The summed E-state index contributed by atoms with van der Waals surface area (Å²) in [5.41, 5.74) is 1.47. The second-order valence-corrected chi connectivity index (χ2v) is 4.81. The third-order valence-electron chi connectivity index (χ3n) is 3.29. The van der Waals surface area contributed by atoms with Crippen LogP contribution in [0.5, 0.6) is 0 Å². The number of aryl methyl sites for hydroxylation is 1. The molecule has 19 heavy (non-hydrogen) atoms. The average molecular weight is 266 g/mol. The van der Waals surface area contributed by atoms with Crippen LogP contribution >= 0.6 is 0 Å². The first kappa shape index (κ1) is 14.0. The molecule has 1 saturated heterocycles. The molecule has 5 heteroatoms. The fourth-order valence-electron chi connectivity index (χ4n) is 2.14. The van der Waals surface area contributed by atoms with Crippen LogP contribution in [0.2, 0.25) is 0 Å². The van der Waals surface area contributed by atoms with E-state index in [-0.39, 0.29) is 23.9 Å². The summed E-state index contributed by atoms with van der Waals surface area (Å²) >= 11 is 0. The number of amides is 1. The lowest BCUT2D eigenvalue weighted by Crippen LogP contribution is -2.55. The van der Waals surface area contributed by atoms with Gasteiger partial charge in [0.1, 0.15) is 11.9 Å². The summed E-state index contributed by atoms with van der Waals surface area (Å²) < 4.78 is 18.6. The number of morpholine rings is 1. The lowest BCUT2D eigenvalue weighted by molar-refractivity contribution is -0.129. The van der Waals surface area contributed by atoms with Crippen molar-refractivity contribution >= 4 is 5.91 Å². The van der Waals surface area contributed by atoms with E-state index in [4.69, 9.17) is 4.74 Å². The Morgan fingerprint density at radius 1 is 1.58 bits per heavy atom. The van der Waals surface area contributed by atoms with Gasteiger partial charge >= 0.3 is 0 Å². The van der Waals surface area contributed by atoms with Crippen LogP contribution in [0.15, 0.2) is 18.2 Å². The number of carbonyl (C=O) groups is 1. The summed E-state index contributed by atoms with van der Waals surface area (Å²) in [7, 11) is 0. The topological polar surface area (TPSA) is 50.4 Å². The summed E-state index contributed by atoms with van der Waals surface area (Å²) in [5.74, 6) is -0.319. The highest BCUT2D eigenvalue weighted by atomic mass is 19.1. The molecule has 1 amide bonds. The molecule has 1 aromatic rings. The molecule has 0 aliphatic carbocycles. The predicted molar refractivity (Wildman–Crippen MR) is 70.2 cm³/mol. The number of benzene rings is 1. The van der Waals surface area contributed by atoms with E-state index in [1.807, 2.05) is 6.92 Å². The van der Waals surface area contributed by atoms with Crippen molar-refractivity contribution in [1.29, 1.82) is 0 Å². The van der Waals surface area contributed by atoms with E-state index in [0.29, 0.717) is 25.3 Å². The highest BCUT2D eigenvalue weighted by Crippen LogP contribution is 2.09. The summed E-state index contributed by atoms with van der Waals surface area (Å²) in [6.45, 7) is 5.28. The third kappa shape index (κ3) is 3.52. The van der Waals surface area contributed by atoms with Gasteiger partial charge in [0.05, 0.1) is 12.7 Å². The second-order valence-electron chi connectivity index (χ2n) is 4.81. The minimum atomic E-state index is -0.324. The van der Waals surface area contributed by atoms with E-state index < -0.39 is 0 Å². The van der Waals surface area contributed by atoms with Crippen LogP contribution in [-0.4, -0.2) is 31.2 Å². The van der Waals surface area contributed by atoms with Gasteiger partial charge in [0.15, 0.2) is 0 Å². The molecule has 1 aromatic carbocycles. The maximum Gasteiger partial charge on any atom is 0.240 e. The number of nitrogens with one attached hydrogen (secondary N) is 2. The van der Waals surface area contributed by atoms with Gasteiger partial charge in [-0.25, -0.2) is 4.39 Å². The molecule has 2 atom stereocenters. The lowest BCUT2D eigenvalue weighted by Gasteiger charge is -2.29. The Morgan fingerprint density at radius 2 is 2.37 bits per heavy atom. The molecule has 1 aliphatic rings. The van der Waals surface area contributed by atoms with E-state index in [1.54, 1.807) is 19.1 Å². The normalized spacial score (nSPS) is 23.1. The van der Waals surface area contributed by atoms with Crippen molar-refractivity contribution in [3.63, 3.8) is 0 Å². The van der Waals surface area contributed by atoms with Crippen molar-refractivity contribution in [2.45, 2.75) is 32.5 Å². The summed E-state index contributed by atoms with van der Waals surface area (Å²) in [4.78, 5) is 12.0. The SMILES string of the molecule is Cc1cc(CNC(=O)[C@H]2NCCO[C@@H]2C)ccc1F. The molecule has 0 saturated carbocycles. The molecule has 1 aliphatic heterocycles. The summed E-state index contributed by atoms with van der Waals surface area (Å²) in [5, 5.41) is 5.97. The van der Waals surface area contributed by atoms with Crippen molar-refractivity contribution in [3.8, 4) is 0 Å². The average Bonchev–Trinajstić information content (AvgIpc) is 2.40. The van der Waals surface area contributed by atoms with Gasteiger partial charge in [-0.2, -0.15) is 0 Å². The van der Waals surface area contributed by atoms with Gasteiger partial charge in [-0.05, 0) is 31.0 Å². The molecule has 0 aromatic heterocycles. The number of hydrogen-bond donors (Lipinski definition) is 2. The molecule has 2 rings (SSSR count). The van der Waals surface area contributed by atoms with Crippen molar-refractivity contribution in [2.24, 2.45) is 0 Å². The van der Waals surface area contributed by atoms with Gasteiger partial charge in [-0.3, -0.25) is 4.79 Å². The summed E-state index contributed by atoms with van der Waals surface area (Å²) in [6.07, 6.45) is -0.135. The van der Waals surface area contributed by atoms with Crippen LogP contribution in [0.3, 0.4) is 0 Å². The lowest BCUT2D eigenvalue weighted by atomic mass is 10.1. The standard InChI is InChI=1S/C14H19FN2O2/c1-9-7-11(3-4-12(9)15)8-17-14(18)13-10(2)19-6-5-16-13/h3-4,7,10,13,16H,5-6,8H2,1-2H3,(H,17,18)/t10-,13+/m1/s1. The molecule has 2 N–H and O–H groups in total. The van der Waals surface area contributed by atoms with E-state index in [9.17, 15) is 9.18 Å². The van der Waals surface area contributed by atoms with Crippen molar-refractivity contribution < 1.29 is 13.9 Å². The van der Waals surface area contributed by atoms with Gasteiger partial charge < -0.3 is 15.4 Å². The minimum Gasteiger partial charge on any atom is -0.375 e. The molecular formula is C14H19FN2O2. The largest absolute Gasteiger partial charge is 0.375 e. The maximum absolute atomic E-state index is 13.1. The smallest absolute Gasteiger partial charge is 0.240 e. The zero-order valence-corrected chi connectivity index (χ0v) is 11.2. The molecule has 1 fully saturated rings. The molecule has 0 bridgehead atoms. The number of carbonyl (C=O) groups excluding carboxylic acids is 1. The van der Waals surface area contributed by atoms with E-state index in [0.717, 1.165) is 5.56 Å². The van der Waals surface area contributed by atoms with Gasteiger partial charge in [0, 0.05) is 13.1 Å². The number of halogens is 1. The van der Waals surface area contributed by atoms with Gasteiger partial charge in [-0.15, -0.1) is 0 Å². The molecule has 104 valence electrons. The Morgan fingerprint density at radius 3 is 3.05 bits per heavy atom. The monoisotopic (exact) mass is 266 g/mol. The highest BCUT2D eigenvalue weighted by molar-refractivity contribution is 5.82. The maximum atomic E-state index is 13.1. The van der Waals surface area contributed by atoms with Crippen LogP contribution in [0.1, 0.15) is 18.1 Å². The zero-order chi connectivity index (χ0) is 13.8. The number of hydrogen-bond acceptors (Lipinski definition) is 3. The fourth-order valence-corrected chi connectivity index (χ4v) is 2.14. The van der Waals surface area contributed by atoms with E-state index in [1.165, 1.54) is 6.07 Å². The van der Waals surface area contributed by atoms with Crippen molar-refractivity contribution in [1.82, 2.24) is 10.6 Å². The van der Waals surface area contributed by atoms with Crippen LogP contribution in [0.4, 0.5) is 4.39 Å². The Bertz CT molecular complexity index is 465. The summed E-state index contributed by atoms with van der Waals surface area (Å²) in [6, 6.07) is 4.51. The molecule has 0 unspecified atom stereocenters.